The van der Waals surface area contributed by atoms with Gasteiger partial charge >= 0.3 is 5.69 Å². The van der Waals surface area contributed by atoms with E-state index in [2.05, 4.69) is 15.2 Å². The molecule has 0 unspecified atom stereocenters. The van der Waals surface area contributed by atoms with Crippen LogP contribution in [0.5, 0.6) is 0 Å². The topological polar surface area (TPSA) is 126 Å². The standard InChI is InChI=1S/C18H20N6O3.ClH/c1-11-15(24(25)26)12(2)23(21-11)10-13-4-6-14(7-5-13)16-20-17(22-27-16)18(19)8-3-9-18;/h4-7H,3,8-10,19H2,1-2H3;1H. The molecule has 1 aliphatic carbocycles. The highest BCUT2D eigenvalue weighted by Gasteiger charge is 2.39. The summed E-state index contributed by atoms with van der Waals surface area (Å²) in [5, 5.41) is 19.4. The molecule has 0 amide bonds. The van der Waals surface area contributed by atoms with Gasteiger partial charge in [0, 0.05) is 5.56 Å². The molecule has 4 rings (SSSR count). The lowest BCUT2D eigenvalue weighted by atomic mass is 9.77. The van der Waals surface area contributed by atoms with Crippen molar-refractivity contribution in [1.82, 2.24) is 19.9 Å². The number of aromatic nitrogens is 4. The first-order valence-electron chi connectivity index (χ1n) is 8.78. The minimum absolute atomic E-state index is 0. The molecule has 0 atom stereocenters. The second kappa shape index (κ2) is 7.33. The van der Waals surface area contributed by atoms with Gasteiger partial charge in [-0.15, -0.1) is 12.4 Å². The van der Waals surface area contributed by atoms with Gasteiger partial charge in [0.15, 0.2) is 5.82 Å². The van der Waals surface area contributed by atoms with Gasteiger partial charge in [0.2, 0.25) is 0 Å². The Morgan fingerprint density at radius 2 is 1.96 bits per heavy atom. The van der Waals surface area contributed by atoms with Crippen LogP contribution in [0, 0.1) is 24.0 Å². The second-order valence-corrected chi connectivity index (χ2v) is 7.06. The minimum atomic E-state index is -0.452. The number of hydrogen-bond acceptors (Lipinski definition) is 7. The van der Waals surface area contributed by atoms with Crippen LogP contribution in [0.3, 0.4) is 0 Å². The van der Waals surface area contributed by atoms with Crippen molar-refractivity contribution < 1.29 is 9.45 Å². The summed E-state index contributed by atoms with van der Waals surface area (Å²) in [7, 11) is 0. The molecule has 1 aromatic carbocycles. The Morgan fingerprint density at radius 1 is 1.29 bits per heavy atom. The van der Waals surface area contributed by atoms with E-state index >= 15 is 0 Å². The molecular formula is C18H21ClN6O3. The van der Waals surface area contributed by atoms with E-state index in [0.29, 0.717) is 29.6 Å². The fraction of sp³-hybridized carbons (Fsp3) is 0.389. The van der Waals surface area contributed by atoms with Gasteiger partial charge in [-0.1, -0.05) is 17.3 Å². The molecule has 0 bridgehead atoms. The molecular weight excluding hydrogens is 384 g/mol. The molecule has 1 aliphatic rings. The van der Waals surface area contributed by atoms with Crippen LogP contribution in [0.15, 0.2) is 28.8 Å². The molecule has 0 aliphatic heterocycles. The predicted octanol–water partition coefficient (Wildman–Crippen LogP) is 3.27. The van der Waals surface area contributed by atoms with E-state index in [4.69, 9.17) is 10.3 Å². The number of nitro groups is 1. The van der Waals surface area contributed by atoms with Gasteiger partial charge in [-0.05, 0) is 50.8 Å². The third kappa shape index (κ3) is 3.38. The van der Waals surface area contributed by atoms with Gasteiger partial charge in [-0.25, -0.2) is 0 Å². The molecule has 9 nitrogen and oxygen atoms in total. The number of benzene rings is 1. The van der Waals surface area contributed by atoms with Crippen LogP contribution in [0.4, 0.5) is 5.69 Å². The number of nitrogens with zero attached hydrogens (tertiary/aromatic N) is 5. The SMILES string of the molecule is Cc1nn(Cc2ccc(-c3nc(C4(N)CCC4)no3)cc2)c(C)c1[N+](=O)[O-].Cl. The summed E-state index contributed by atoms with van der Waals surface area (Å²) in [5.41, 5.74) is 8.57. The van der Waals surface area contributed by atoms with E-state index in [1.807, 2.05) is 24.3 Å². The number of hydrogen-bond donors (Lipinski definition) is 1. The summed E-state index contributed by atoms with van der Waals surface area (Å²) in [4.78, 5) is 15.2. The Labute approximate surface area is 167 Å². The molecule has 3 aromatic rings. The average molecular weight is 405 g/mol. The maximum Gasteiger partial charge on any atom is 0.312 e. The molecule has 1 saturated carbocycles. The second-order valence-electron chi connectivity index (χ2n) is 7.06. The maximum absolute atomic E-state index is 11.1. The first kappa shape index (κ1) is 20.0. The maximum atomic E-state index is 11.1. The largest absolute Gasteiger partial charge is 0.334 e. The minimum Gasteiger partial charge on any atom is -0.334 e. The van der Waals surface area contributed by atoms with E-state index in [1.54, 1.807) is 18.5 Å². The quantitative estimate of drug-likeness (QED) is 0.510. The number of aryl methyl sites for hydroxylation is 1. The average Bonchev–Trinajstić information content (AvgIpc) is 3.19. The highest BCUT2D eigenvalue weighted by molar-refractivity contribution is 5.85. The molecule has 2 N–H and O–H groups in total. The Balaban J connectivity index is 0.00000225. The van der Waals surface area contributed by atoms with Crippen LogP contribution in [0.25, 0.3) is 11.5 Å². The van der Waals surface area contributed by atoms with Gasteiger partial charge in [0.25, 0.3) is 5.89 Å². The van der Waals surface area contributed by atoms with Crippen molar-refractivity contribution >= 4 is 18.1 Å². The smallest absolute Gasteiger partial charge is 0.312 e. The summed E-state index contributed by atoms with van der Waals surface area (Å²) in [6, 6.07) is 7.61. The van der Waals surface area contributed by atoms with Crippen LogP contribution in [0.1, 0.15) is 42.0 Å². The first-order chi connectivity index (χ1) is 12.9. The number of rotatable bonds is 5. The van der Waals surface area contributed by atoms with Crippen molar-refractivity contribution in [1.29, 1.82) is 0 Å². The number of nitrogens with two attached hydrogens (primary N) is 1. The zero-order chi connectivity index (χ0) is 19.2. The summed E-state index contributed by atoms with van der Waals surface area (Å²) >= 11 is 0. The number of halogens is 1. The van der Waals surface area contributed by atoms with Crippen LogP contribution in [-0.2, 0) is 12.1 Å². The zero-order valence-electron chi connectivity index (χ0n) is 15.6. The monoisotopic (exact) mass is 404 g/mol. The van der Waals surface area contributed by atoms with Gasteiger partial charge in [-0.2, -0.15) is 10.1 Å². The fourth-order valence-electron chi connectivity index (χ4n) is 3.36. The summed E-state index contributed by atoms with van der Waals surface area (Å²) in [5.74, 6) is 0.998. The third-order valence-corrected chi connectivity index (χ3v) is 5.18. The van der Waals surface area contributed by atoms with Crippen LogP contribution in [-0.4, -0.2) is 24.8 Å². The third-order valence-electron chi connectivity index (χ3n) is 5.18. The molecule has 0 radical (unpaired) electrons. The summed E-state index contributed by atoms with van der Waals surface area (Å²) < 4.78 is 7.00. The molecule has 0 saturated heterocycles. The van der Waals surface area contributed by atoms with Gasteiger partial charge in [0.1, 0.15) is 11.4 Å². The van der Waals surface area contributed by atoms with E-state index in [1.165, 1.54) is 0 Å². The van der Waals surface area contributed by atoms with Crippen molar-refractivity contribution in [3.63, 3.8) is 0 Å². The predicted molar refractivity (Wildman–Crippen MR) is 104 cm³/mol. The summed E-state index contributed by atoms with van der Waals surface area (Å²) in [6.45, 7) is 3.79. The molecule has 28 heavy (non-hydrogen) atoms. The van der Waals surface area contributed by atoms with Crippen molar-refractivity contribution in [2.45, 2.75) is 45.2 Å². The van der Waals surface area contributed by atoms with Gasteiger partial charge < -0.3 is 10.3 Å². The van der Waals surface area contributed by atoms with E-state index < -0.39 is 10.5 Å². The highest BCUT2D eigenvalue weighted by atomic mass is 35.5. The molecule has 1 fully saturated rings. The van der Waals surface area contributed by atoms with Crippen molar-refractivity contribution in [2.75, 3.05) is 0 Å². The normalized spacial score (nSPS) is 15.0. The molecule has 10 heteroatoms. The highest BCUT2D eigenvalue weighted by Crippen LogP contribution is 2.37. The van der Waals surface area contributed by atoms with Crippen molar-refractivity contribution in [2.24, 2.45) is 5.73 Å². The van der Waals surface area contributed by atoms with Crippen molar-refractivity contribution in [3.05, 3.63) is 57.2 Å². The first-order valence-corrected chi connectivity index (χ1v) is 8.78. The van der Waals surface area contributed by atoms with Crippen LogP contribution >= 0.6 is 12.4 Å². The van der Waals surface area contributed by atoms with Gasteiger partial charge in [-0.3, -0.25) is 14.8 Å². The molecule has 148 valence electrons. The lowest BCUT2D eigenvalue weighted by Gasteiger charge is -2.34. The van der Waals surface area contributed by atoms with Crippen molar-refractivity contribution in [3.8, 4) is 11.5 Å². The Bertz CT molecular complexity index is 1010. The van der Waals surface area contributed by atoms with Crippen LogP contribution in [0.2, 0.25) is 0 Å². The Hall–Kier alpha value is -2.78. The molecule has 2 heterocycles. The van der Waals surface area contributed by atoms with E-state index in [0.717, 1.165) is 30.4 Å². The lowest BCUT2D eigenvalue weighted by molar-refractivity contribution is -0.386. The lowest BCUT2D eigenvalue weighted by Crippen LogP contribution is -2.44. The molecule has 2 aromatic heterocycles. The zero-order valence-corrected chi connectivity index (χ0v) is 16.4. The molecule has 0 spiro atoms. The van der Waals surface area contributed by atoms with Gasteiger partial charge in [0.05, 0.1) is 17.0 Å². The van der Waals surface area contributed by atoms with Crippen LogP contribution < -0.4 is 5.73 Å². The Kier molecular flexibility index (Phi) is 5.22. The fourth-order valence-corrected chi connectivity index (χ4v) is 3.36. The van der Waals surface area contributed by atoms with E-state index in [9.17, 15) is 10.1 Å². The Morgan fingerprint density at radius 3 is 2.50 bits per heavy atom. The van der Waals surface area contributed by atoms with E-state index in [-0.39, 0.29) is 18.1 Å². The summed E-state index contributed by atoms with van der Waals surface area (Å²) in [6.07, 6.45) is 2.83.